The zero-order chi connectivity index (χ0) is 28.9. The SMILES string of the molecule is COc1cc(OC)c(Cl)c(Nc2ncccc2-c2cc(Nc3ccc(C4=CCOCC4)cc3[N+](=O)[O-])ncn2)c1Cl. The number of nitrogens with one attached hydrogen (secondary N) is 2. The Kier molecular flexibility index (Phi) is 8.48. The van der Waals surface area contributed by atoms with Crippen LogP contribution in [-0.4, -0.2) is 47.3 Å². The molecule has 1 aliphatic heterocycles. The van der Waals surface area contributed by atoms with E-state index >= 15 is 0 Å². The van der Waals surface area contributed by atoms with Gasteiger partial charge in [0.1, 0.15) is 45.2 Å². The van der Waals surface area contributed by atoms with E-state index in [-0.39, 0.29) is 15.7 Å². The fourth-order valence-corrected chi connectivity index (χ4v) is 4.91. The Balaban J connectivity index is 1.47. The number of nitrogens with zero attached hydrogens (tertiary/aromatic N) is 4. The van der Waals surface area contributed by atoms with Crippen LogP contribution < -0.4 is 20.1 Å². The summed E-state index contributed by atoms with van der Waals surface area (Å²) in [6, 6.07) is 11.9. The summed E-state index contributed by atoms with van der Waals surface area (Å²) in [5.41, 5.74) is 3.45. The number of ether oxygens (including phenoxy) is 3. The molecular formula is C28H24Cl2N6O5. The van der Waals surface area contributed by atoms with Crippen LogP contribution >= 0.6 is 23.2 Å². The Bertz CT molecular complexity index is 1620. The van der Waals surface area contributed by atoms with Gasteiger partial charge in [-0.15, -0.1) is 0 Å². The summed E-state index contributed by atoms with van der Waals surface area (Å²) in [7, 11) is 2.97. The third kappa shape index (κ3) is 6.02. The van der Waals surface area contributed by atoms with Crippen LogP contribution in [0, 0.1) is 10.1 Å². The van der Waals surface area contributed by atoms with Crippen LogP contribution in [0.15, 0.2) is 61.1 Å². The van der Waals surface area contributed by atoms with E-state index in [1.54, 1.807) is 42.6 Å². The molecule has 2 aromatic carbocycles. The van der Waals surface area contributed by atoms with Crippen molar-refractivity contribution in [1.29, 1.82) is 0 Å². The van der Waals surface area contributed by atoms with Crippen molar-refractivity contribution in [2.24, 2.45) is 0 Å². The molecule has 0 amide bonds. The summed E-state index contributed by atoms with van der Waals surface area (Å²) in [6.45, 7) is 1.07. The van der Waals surface area contributed by atoms with E-state index in [4.69, 9.17) is 37.4 Å². The minimum Gasteiger partial charge on any atom is -0.495 e. The number of hydrogen-bond acceptors (Lipinski definition) is 10. The van der Waals surface area contributed by atoms with Gasteiger partial charge in [0.25, 0.3) is 5.69 Å². The maximum Gasteiger partial charge on any atom is 0.293 e. The Morgan fingerprint density at radius 3 is 2.46 bits per heavy atom. The maximum absolute atomic E-state index is 11.9. The second-order valence-electron chi connectivity index (χ2n) is 8.77. The van der Waals surface area contributed by atoms with Crippen molar-refractivity contribution in [3.8, 4) is 22.8 Å². The van der Waals surface area contributed by atoms with Crippen molar-refractivity contribution < 1.29 is 19.1 Å². The van der Waals surface area contributed by atoms with Gasteiger partial charge >= 0.3 is 0 Å². The number of hydrogen-bond donors (Lipinski definition) is 2. The molecule has 4 aromatic rings. The first-order valence-electron chi connectivity index (χ1n) is 12.4. The summed E-state index contributed by atoms with van der Waals surface area (Å²) < 4.78 is 16.1. The van der Waals surface area contributed by atoms with Gasteiger partial charge in [0.2, 0.25) is 0 Å². The van der Waals surface area contributed by atoms with Crippen molar-refractivity contribution in [3.63, 3.8) is 0 Å². The molecule has 210 valence electrons. The second-order valence-corrected chi connectivity index (χ2v) is 9.52. The van der Waals surface area contributed by atoms with Gasteiger partial charge in [-0.05, 0) is 35.8 Å². The molecule has 0 saturated heterocycles. The van der Waals surface area contributed by atoms with Crippen molar-refractivity contribution in [2.75, 3.05) is 38.1 Å². The fraction of sp³-hybridized carbons (Fsp3) is 0.179. The molecule has 0 radical (unpaired) electrons. The minimum atomic E-state index is -0.424. The molecule has 0 atom stereocenters. The first-order valence-corrected chi connectivity index (χ1v) is 13.1. The number of nitro benzene ring substituents is 1. The monoisotopic (exact) mass is 594 g/mol. The van der Waals surface area contributed by atoms with E-state index < -0.39 is 4.92 Å². The van der Waals surface area contributed by atoms with E-state index in [0.717, 1.165) is 11.1 Å². The predicted molar refractivity (Wildman–Crippen MR) is 158 cm³/mol. The fourth-order valence-electron chi connectivity index (χ4n) is 4.31. The highest BCUT2D eigenvalue weighted by atomic mass is 35.5. The number of pyridine rings is 1. The average Bonchev–Trinajstić information content (AvgIpc) is 3.00. The van der Waals surface area contributed by atoms with Gasteiger partial charge in [-0.1, -0.05) is 35.3 Å². The molecule has 2 aromatic heterocycles. The van der Waals surface area contributed by atoms with Crippen molar-refractivity contribution in [1.82, 2.24) is 15.0 Å². The van der Waals surface area contributed by atoms with Gasteiger partial charge in [0.05, 0.1) is 43.7 Å². The molecule has 0 bridgehead atoms. The number of halogens is 2. The number of anilines is 4. The Morgan fingerprint density at radius 1 is 1.00 bits per heavy atom. The van der Waals surface area contributed by atoms with Crippen LogP contribution in [0.1, 0.15) is 12.0 Å². The summed E-state index contributed by atoms with van der Waals surface area (Å²) in [4.78, 5) is 24.6. The first-order chi connectivity index (χ1) is 19.9. The van der Waals surface area contributed by atoms with Crippen molar-refractivity contribution in [2.45, 2.75) is 6.42 Å². The Hall–Kier alpha value is -4.45. The zero-order valence-electron chi connectivity index (χ0n) is 22.0. The molecule has 11 nitrogen and oxygen atoms in total. The predicted octanol–water partition coefficient (Wildman–Crippen LogP) is 7.06. The molecule has 0 spiro atoms. The number of nitro groups is 1. The van der Waals surface area contributed by atoms with Gasteiger partial charge in [-0.3, -0.25) is 10.1 Å². The van der Waals surface area contributed by atoms with Gasteiger partial charge in [-0.25, -0.2) is 15.0 Å². The summed E-state index contributed by atoms with van der Waals surface area (Å²) >= 11 is 13.1. The summed E-state index contributed by atoms with van der Waals surface area (Å²) in [5.74, 6) is 1.48. The van der Waals surface area contributed by atoms with Gasteiger partial charge in [0, 0.05) is 30.0 Å². The van der Waals surface area contributed by atoms with Crippen LogP contribution in [-0.2, 0) is 4.74 Å². The van der Waals surface area contributed by atoms with Crippen molar-refractivity contribution in [3.05, 3.63) is 86.8 Å². The lowest BCUT2D eigenvalue weighted by molar-refractivity contribution is -0.383. The van der Waals surface area contributed by atoms with Crippen molar-refractivity contribution >= 4 is 57.5 Å². The number of methoxy groups -OCH3 is 2. The first kappa shape index (κ1) is 28.1. The van der Waals surface area contributed by atoms with E-state index in [1.807, 2.05) is 12.1 Å². The molecule has 2 N–H and O–H groups in total. The highest BCUT2D eigenvalue weighted by molar-refractivity contribution is 6.41. The highest BCUT2D eigenvalue weighted by Crippen LogP contribution is 2.46. The molecular weight excluding hydrogens is 571 g/mol. The lowest BCUT2D eigenvalue weighted by Crippen LogP contribution is -2.05. The number of rotatable bonds is 9. The molecule has 0 unspecified atom stereocenters. The summed E-state index contributed by atoms with van der Waals surface area (Å²) in [5, 5.41) is 18.6. The molecule has 0 saturated carbocycles. The number of aromatic nitrogens is 3. The average molecular weight is 595 g/mol. The molecule has 0 aliphatic carbocycles. The topological polar surface area (TPSA) is 134 Å². The maximum atomic E-state index is 11.9. The van der Waals surface area contributed by atoms with E-state index in [2.05, 4.69) is 25.6 Å². The lowest BCUT2D eigenvalue weighted by atomic mass is 10.0. The molecule has 3 heterocycles. The normalized spacial score (nSPS) is 12.8. The van der Waals surface area contributed by atoms with Crippen LogP contribution in [0.2, 0.25) is 10.0 Å². The lowest BCUT2D eigenvalue weighted by Gasteiger charge is -2.17. The molecule has 1 aliphatic rings. The van der Waals surface area contributed by atoms with E-state index in [0.29, 0.717) is 65.4 Å². The quantitative estimate of drug-likeness (QED) is 0.153. The van der Waals surface area contributed by atoms with E-state index in [9.17, 15) is 10.1 Å². The minimum absolute atomic E-state index is 0.0740. The third-order valence-corrected chi connectivity index (χ3v) is 7.11. The number of benzene rings is 2. The summed E-state index contributed by atoms with van der Waals surface area (Å²) in [6.07, 6.45) is 5.59. The van der Waals surface area contributed by atoms with Crippen LogP contribution in [0.4, 0.5) is 28.7 Å². The van der Waals surface area contributed by atoms with Gasteiger partial charge in [0.15, 0.2) is 0 Å². The largest absolute Gasteiger partial charge is 0.495 e. The molecule has 5 rings (SSSR count). The molecule has 0 fully saturated rings. The smallest absolute Gasteiger partial charge is 0.293 e. The third-order valence-electron chi connectivity index (χ3n) is 6.36. The van der Waals surface area contributed by atoms with E-state index in [1.165, 1.54) is 20.5 Å². The Labute approximate surface area is 245 Å². The molecule has 13 heteroatoms. The van der Waals surface area contributed by atoms with Gasteiger partial charge in [-0.2, -0.15) is 0 Å². The van der Waals surface area contributed by atoms with Gasteiger partial charge < -0.3 is 24.8 Å². The van der Waals surface area contributed by atoms with Crippen LogP contribution in [0.25, 0.3) is 16.8 Å². The van der Waals surface area contributed by atoms with Crippen LogP contribution in [0.5, 0.6) is 11.5 Å². The zero-order valence-corrected chi connectivity index (χ0v) is 23.5. The van der Waals surface area contributed by atoms with Crippen LogP contribution in [0.3, 0.4) is 0 Å². The second kappa shape index (κ2) is 12.4. The highest BCUT2D eigenvalue weighted by Gasteiger charge is 2.21. The standard InChI is InChI=1S/C28H24Cl2N6O5/c1-39-22-14-23(40-2)26(30)27(25(22)29)35-28-18(4-3-9-31-28)20-13-24(33-15-32-20)34-19-6-5-17(12-21(19)36(37)38)16-7-10-41-11-8-16/h3-7,9,12-15H,8,10-11H2,1-2H3,(H,31,35)(H,32,33,34). The Morgan fingerprint density at radius 2 is 1.78 bits per heavy atom. The molecule has 41 heavy (non-hydrogen) atoms.